The predicted molar refractivity (Wildman–Crippen MR) is 75.5 cm³/mol. The standard InChI is InChI=1S/C17H28O/c1-4-5-16-7-14-6-15(8-16)10-17(9-14,11-16)12-18-13(2)3/h4-5,13-15H,6-12H2,1-3H3/b5-4+. The van der Waals surface area contributed by atoms with Crippen molar-refractivity contribution in [1.82, 2.24) is 0 Å². The minimum Gasteiger partial charge on any atom is -0.378 e. The molecule has 0 aromatic carbocycles. The summed E-state index contributed by atoms with van der Waals surface area (Å²) in [6.45, 7) is 7.54. The average Bonchev–Trinajstić information content (AvgIpc) is 2.24. The van der Waals surface area contributed by atoms with Crippen LogP contribution < -0.4 is 0 Å². The predicted octanol–water partition coefficient (Wildman–Crippen LogP) is 4.57. The van der Waals surface area contributed by atoms with Gasteiger partial charge >= 0.3 is 0 Å². The lowest BCUT2D eigenvalue weighted by Gasteiger charge is -2.61. The van der Waals surface area contributed by atoms with E-state index < -0.39 is 0 Å². The van der Waals surface area contributed by atoms with E-state index in [1.807, 2.05) is 0 Å². The van der Waals surface area contributed by atoms with Gasteiger partial charge in [0.15, 0.2) is 0 Å². The molecular formula is C17H28O. The molecule has 4 bridgehead atoms. The van der Waals surface area contributed by atoms with Gasteiger partial charge in [-0.2, -0.15) is 0 Å². The van der Waals surface area contributed by atoms with Crippen LogP contribution in [0.2, 0.25) is 0 Å². The summed E-state index contributed by atoms with van der Waals surface area (Å²) in [5.41, 5.74) is 1.06. The second-order valence-corrected chi connectivity index (χ2v) is 7.68. The van der Waals surface area contributed by atoms with Crippen LogP contribution in [0.4, 0.5) is 0 Å². The molecule has 1 nitrogen and oxygen atoms in total. The van der Waals surface area contributed by atoms with Crippen molar-refractivity contribution >= 4 is 0 Å². The summed E-state index contributed by atoms with van der Waals surface area (Å²) in [6, 6.07) is 0. The van der Waals surface area contributed by atoms with Gasteiger partial charge in [0.25, 0.3) is 0 Å². The van der Waals surface area contributed by atoms with Crippen LogP contribution >= 0.6 is 0 Å². The third-order valence-corrected chi connectivity index (χ3v) is 5.47. The molecule has 4 rings (SSSR count). The topological polar surface area (TPSA) is 9.23 Å². The van der Waals surface area contributed by atoms with Gasteiger partial charge in [-0.05, 0) is 82.0 Å². The van der Waals surface area contributed by atoms with E-state index >= 15 is 0 Å². The van der Waals surface area contributed by atoms with E-state index in [1.165, 1.54) is 38.5 Å². The van der Waals surface area contributed by atoms with Crippen LogP contribution in [0.1, 0.15) is 59.3 Å². The van der Waals surface area contributed by atoms with Crippen LogP contribution in [0.15, 0.2) is 12.2 Å². The summed E-state index contributed by atoms with van der Waals surface area (Å²) in [6.07, 6.45) is 13.9. The van der Waals surface area contributed by atoms with Crippen molar-refractivity contribution in [3.05, 3.63) is 12.2 Å². The lowest BCUT2D eigenvalue weighted by molar-refractivity contribution is -0.130. The minimum absolute atomic E-state index is 0.385. The Balaban J connectivity index is 1.80. The van der Waals surface area contributed by atoms with Gasteiger partial charge in [0.05, 0.1) is 12.7 Å². The van der Waals surface area contributed by atoms with Crippen molar-refractivity contribution in [2.75, 3.05) is 6.61 Å². The minimum atomic E-state index is 0.385. The van der Waals surface area contributed by atoms with Gasteiger partial charge in [0.2, 0.25) is 0 Å². The van der Waals surface area contributed by atoms with Crippen LogP contribution in [-0.2, 0) is 4.74 Å². The first-order valence-electron chi connectivity index (χ1n) is 7.80. The van der Waals surface area contributed by atoms with Gasteiger partial charge in [0.1, 0.15) is 0 Å². The van der Waals surface area contributed by atoms with Crippen LogP contribution in [0.5, 0.6) is 0 Å². The molecule has 0 spiro atoms. The Bertz CT molecular complexity index is 328. The molecule has 4 aliphatic rings. The number of allylic oxidation sites excluding steroid dienone is 2. The average molecular weight is 248 g/mol. The smallest absolute Gasteiger partial charge is 0.0526 e. The number of hydrogen-bond acceptors (Lipinski definition) is 1. The van der Waals surface area contributed by atoms with Crippen molar-refractivity contribution in [1.29, 1.82) is 0 Å². The molecule has 0 saturated heterocycles. The number of hydrogen-bond donors (Lipinski definition) is 0. The summed E-state index contributed by atoms with van der Waals surface area (Å²) in [4.78, 5) is 0. The first kappa shape index (κ1) is 12.7. The zero-order valence-electron chi connectivity index (χ0n) is 12.2. The van der Waals surface area contributed by atoms with Gasteiger partial charge in [-0.1, -0.05) is 12.2 Å². The molecule has 0 heterocycles. The summed E-state index contributed by atoms with van der Waals surface area (Å²) in [5, 5.41) is 0. The molecule has 0 N–H and O–H groups in total. The summed E-state index contributed by atoms with van der Waals surface area (Å²) in [5.74, 6) is 1.97. The third kappa shape index (κ3) is 2.15. The molecule has 2 atom stereocenters. The van der Waals surface area contributed by atoms with E-state index in [9.17, 15) is 0 Å². The van der Waals surface area contributed by atoms with Gasteiger partial charge < -0.3 is 4.74 Å². The Kier molecular flexibility index (Phi) is 3.09. The molecule has 0 aliphatic heterocycles. The van der Waals surface area contributed by atoms with Crippen LogP contribution in [-0.4, -0.2) is 12.7 Å². The van der Waals surface area contributed by atoms with E-state index in [-0.39, 0.29) is 0 Å². The maximum Gasteiger partial charge on any atom is 0.0526 e. The van der Waals surface area contributed by atoms with E-state index in [0.717, 1.165) is 18.4 Å². The summed E-state index contributed by atoms with van der Waals surface area (Å²) < 4.78 is 6.03. The molecule has 2 unspecified atom stereocenters. The fourth-order valence-electron chi connectivity index (χ4n) is 5.59. The highest BCUT2D eigenvalue weighted by atomic mass is 16.5. The Labute approximate surface area is 112 Å². The van der Waals surface area contributed by atoms with Gasteiger partial charge in [-0.3, -0.25) is 0 Å². The molecule has 102 valence electrons. The molecule has 1 heteroatoms. The molecule has 4 aliphatic carbocycles. The van der Waals surface area contributed by atoms with E-state index in [1.54, 1.807) is 0 Å². The van der Waals surface area contributed by atoms with E-state index in [4.69, 9.17) is 4.74 Å². The molecular weight excluding hydrogens is 220 g/mol. The zero-order chi connectivity index (χ0) is 12.8. The fraction of sp³-hybridized carbons (Fsp3) is 0.882. The lowest BCUT2D eigenvalue weighted by atomic mass is 9.44. The molecule has 0 radical (unpaired) electrons. The fourth-order valence-corrected chi connectivity index (χ4v) is 5.59. The maximum absolute atomic E-state index is 6.03. The van der Waals surface area contributed by atoms with Crippen molar-refractivity contribution < 1.29 is 4.74 Å². The van der Waals surface area contributed by atoms with Gasteiger partial charge in [-0.25, -0.2) is 0 Å². The highest BCUT2D eigenvalue weighted by molar-refractivity contribution is 5.14. The summed E-state index contributed by atoms with van der Waals surface area (Å²) >= 11 is 0. The second kappa shape index (κ2) is 4.37. The molecule has 0 aromatic rings. The quantitative estimate of drug-likeness (QED) is 0.662. The molecule has 0 aromatic heterocycles. The normalized spacial score (nSPS) is 46.4. The van der Waals surface area contributed by atoms with Crippen molar-refractivity contribution in [2.45, 2.75) is 65.4 Å². The first-order valence-corrected chi connectivity index (χ1v) is 7.80. The largest absolute Gasteiger partial charge is 0.378 e. The van der Waals surface area contributed by atoms with Gasteiger partial charge in [0, 0.05) is 0 Å². The number of rotatable bonds is 4. The molecule has 4 fully saturated rings. The second-order valence-electron chi connectivity index (χ2n) is 7.68. The first-order chi connectivity index (χ1) is 8.55. The van der Waals surface area contributed by atoms with Gasteiger partial charge in [-0.15, -0.1) is 0 Å². The van der Waals surface area contributed by atoms with E-state index in [2.05, 4.69) is 32.9 Å². The monoisotopic (exact) mass is 248 g/mol. The highest BCUT2D eigenvalue weighted by Crippen LogP contribution is 2.65. The van der Waals surface area contributed by atoms with Crippen molar-refractivity contribution in [2.24, 2.45) is 22.7 Å². The Hall–Kier alpha value is -0.300. The lowest BCUT2D eigenvalue weighted by Crippen LogP contribution is -2.53. The summed E-state index contributed by atoms with van der Waals surface area (Å²) in [7, 11) is 0. The van der Waals surface area contributed by atoms with Crippen LogP contribution in [0.25, 0.3) is 0 Å². The number of ether oxygens (including phenoxy) is 1. The van der Waals surface area contributed by atoms with Crippen LogP contribution in [0.3, 0.4) is 0 Å². The highest BCUT2D eigenvalue weighted by Gasteiger charge is 2.56. The molecule has 4 saturated carbocycles. The Morgan fingerprint density at radius 3 is 2.39 bits per heavy atom. The Morgan fingerprint density at radius 1 is 1.17 bits per heavy atom. The third-order valence-electron chi connectivity index (χ3n) is 5.47. The van der Waals surface area contributed by atoms with Crippen molar-refractivity contribution in [3.63, 3.8) is 0 Å². The van der Waals surface area contributed by atoms with E-state index in [0.29, 0.717) is 16.9 Å². The van der Waals surface area contributed by atoms with Crippen molar-refractivity contribution in [3.8, 4) is 0 Å². The maximum atomic E-state index is 6.03. The Morgan fingerprint density at radius 2 is 1.83 bits per heavy atom. The molecule has 0 amide bonds. The SMILES string of the molecule is C/C=C/C12CC3CC(C1)CC(COC(C)C)(C3)C2. The molecule has 18 heavy (non-hydrogen) atoms. The zero-order valence-corrected chi connectivity index (χ0v) is 12.2. The van der Waals surface area contributed by atoms with Crippen LogP contribution in [0, 0.1) is 22.7 Å².